The molecule has 0 aliphatic carbocycles. The van der Waals surface area contributed by atoms with Crippen molar-refractivity contribution in [2.75, 3.05) is 43.6 Å². The van der Waals surface area contributed by atoms with E-state index in [0.717, 1.165) is 13.1 Å². The maximum absolute atomic E-state index is 12.2. The maximum Gasteiger partial charge on any atom is 0.337 e. The van der Waals surface area contributed by atoms with Gasteiger partial charge in [0.15, 0.2) is 9.84 Å². The van der Waals surface area contributed by atoms with Gasteiger partial charge in [0.2, 0.25) is 5.91 Å². The van der Waals surface area contributed by atoms with Crippen molar-refractivity contribution in [3.63, 3.8) is 0 Å². The molecule has 8 nitrogen and oxygen atoms in total. The first-order valence-electron chi connectivity index (χ1n) is 8.54. The number of sulfone groups is 1. The van der Waals surface area contributed by atoms with Gasteiger partial charge in [0, 0.05) is 43.8 Å². The number of nitrogens with zero attached hydrogens (tertiary/aromatic N) is 1. The minimum absolute atomic E-state index is 0.0392. The van der Waals surface area contributed by atoms with E-state index in [1.165, 1.54) is 7.11 Å². The van der Waals surface area contributed by atoms with Crippen molar-refractivity contribution in [2.24, 2.45) is 0 Å². The Morgan fingerprint density at radius 2 is 2.00 bits per heavy atom. The molecule has 0 spiro atoms. The van der Waals surface area contributed by atoms with Crippen LogP contribution in [0, 0.1) is 0 Å². The number of piperazine rings is 1. The molecule has 2 aliphatic rings. The molecule has 0 radical (unpaired) electrons. The molecule has 2 heterocycles. The molecule has 142 valence electrons. The second-order valence-electron chi connectivity index (χ2n) is 6.61. The van der Waals surface area contributed by atoms with Crippen LogP contribution in [0.1, 0.15) is 16.8 Å². The molecule has 2 N–H and O–H groups in total. The first kappa shape index (κ1) is 18.8. The lowest BCUT2D eigenvalue weighted by Gasteiger charge is -2.37. The zero-order valence-electron chi connectivity index (χ0n) is 14.6. The van der Waals surface area contributed by atoms with Gasteiger partial charge in [-0.2, -0.15) is 0 Å². The summed E-state index contributed by atoms with van der Waals surface area (Å²) in [6.07, 6.45) is 0.280. The Bertz CT molecular complexity index is 778. The van der Waals surface area contributed by atoms with Gasteiger partial charge in [-0.1, -0.05) is 0 Å². The number of benzene rings is 1. The molecule has 26 heavy (non-hydrogen) atoms. The van der Waals surface area contributed by atoms with Gasteiger partial charge in [0.1, 0.15) is 0 Å². The summed E-state index contributed by atoms with van der Waals surface area (Å²) in [7, 11) is -1.69. The second-order valence-corrected chi connectivity index (χ2v) is 8.76. The van der Waals surface area contributed by atoms with Crippen molar-refractivity contribution in [3.8, 4) is 0 Å². The van der Waals surface area contributed by atoms with Crippen LogP contribution in [0.3, 0.4) is 0 Å². The highest BCUT2D eigenvalue weighted by molar-refractivity contribution is 7.91. The number of amides is 1. The van der Waals surface area contributed by atoms with Crippen molar-refractivity contribution in [1.29, 1.82) is 0 Å². The zero-order valence-corrected chi connectivity index (χ0v) is 15.4. The van der Waals surface area contributed by atoms with Gasteiger partial charge < -0.3 is 15.4 Å². The summed E-state index contributed by atoms with van der Waals surface area (Å²) < 4.78 is 28.3. The quantitative estimate of drug-likeness (QED) is 0.685. The summed E-state index contributed by atoms with van der Waals surface area (Å²) in [5, 5.41) is 6.04. The second kappa shape index (κ2) is 7.73. The Morgan fingerprint density at radius 1 is 1.27 bits per heavy atom. The summed E-state index contributed by atoms with van der Waals surface area (Å²) in [6.45, 7) is 1.98. The predicted molar refractivity (Wildman–Crippen MR) is 96.8 cm³/mol. The Hall–Kier alpha value is -1.97. The van der Waals surface area contributed by atoms with Crippen LogP contribution in [0.25, 0.3) is 0 Å². The molecule has 9 heteroatoms. The summed E-state index contributed by atoms with van der Waals surface area (Å²) >= 11 is 0. The average Bonchev–Trinajstić information content (AvgIpc) is 2.94. The molecule has 0 bridgehead atoms. The van der Waals surface area contributed by atoms with E-state index in [2.05, 4.69) is 20.3 Å². The monoisotopic (exact) mass is 381 g/mol. The molecule has 0 saturated carbocycles. The van der Waals surface area contributed by atoms with Gasteiger partial charge in [-0.05, 0) is 24.3 Å². The van der Waals surface area contributed by atoms with Crippen LogP contribution < -0.4 is 10.6 Å². The van der Waals surface area contributed by atoms with Crippen molar-refractivity contribution < 1.29 is 22.7 Å². The van der Waals surface area contributed by atoms with Crippen LogP contribution in [0.4, 0.5) is 5.69 Å². The number of ether oxygens (including phenoxy) is 1. The van der Waals surface area contributed by atoms with Crippen LogP contribution in [-0.2, 0) is 19.4 Å². The highest BCUT2D eigenvalue weighted by atomic mass is 32.2. The Kier molecular flexibility index (Phi) is 5.59. The van der Waals surface area contributed by atoms with E-state index in [0.29, 0.717) is 17.8 Å². The van der Waals surface area contributed by atoms with Gasteiger partial charge in [-0.3, -0.25) is 9.69 Å². The third-order valence-electron chi connectivity index (χ3n) is 4.81. The molecule has 2 saturated heterocycles. The van der Waals surface area contributed by atoms with Crippen molar-refractivity contribution in [1.82, 2.24) is 10.2 Å². The third kappa shape index (κ3) is 4.40. The Morgan fingerprint density at radius 3 is 2.69 bits per heavy atom. The largest absolute Gasteiger partial charge is 0.465 e. The number of esters is 1. The van der Waals surface area contributed by atoms with E-state index in [4.69, 9.17) is 0 Å². The lowest BCUT2D eigenvalue weighted by molar-refractivity contribution is -0.116. The first-order valence-corrected chi connectivity index (χ1v) is 10.4. The highest BCUT2D eigenvalue weighted by Gasteiger charge is 2.42. The molecule has 1 aromatic rings. The highest BCUT2D eigenvalue weighted by Crippen LogP contribution is 2.21. The van der Waals surface area contributed by atoms with Gasteiger partial charge >= 0.3 is 5.97 Å². The molecular formula is C17H23N3O5S. The van der Waals surface area contributed by atoms with Gasteiger partial charge in [0.05, 0.1) is 24.2 Å². The fourth-order valence-electron chi connectivity index (χ4n) is 3.50. The van der Waals surface area contributed by atoms with Crippen LogP contribution in [0.5, 0.6) is 0 Å². The number of anilines is 1. The minimum atomic E-state index is -3.00. The standard InChI is InChI=1S/C17H23N3O5S/c1-25-17(22)12-2-4-13(5-3-12)19-16(21)6-8-20-9-7-18-14-10-26(23,24)11-15(14)20/h2-5,14-15,18H,6-11H2,1H3,(H,19,21)/t14-,15+/m1/s1. The number of fused-ring (bicyclic) bond motifs is 1. The molecule has 1 aromatic carbocycles. The van der Waals surface area contributed by atoms with Crippen LogP contribution in [0.15, 0.2) is 24.3 Å². The van der Waals surface area contributed by atoms with E-state index >= 15 is 0 Å². The molecule has 2 aliphatic heterocycles. The fourth-order valence-corrected chi connectivity index (χ4v) is 5.48. The van der Waals surface area contributed by atoms with E-state index < -0.39 is 15.8 Å². The Balaban J connectivity index is 1.52. The number of nitrogens with one attached hydrogen (secondary N) is 2. The molecule has 0 aromatic heterocycles. The molecule has 0 unspecified atom stereocenters. The topological polar surface area (TPSA) is 105 Å². The van der Waals surface area contributed by atoms with Crippen LogP contribution in [0.2, 0.25) is 0 Å². The van der Waals surface area contributed by atoms with Crippen LogP contribution >= 0.6 is 0 Å². The summed E-state index contributed by atoms with van der Waals surface area (Å²) in [4.78, 5) is 25.7. The number of carbonyl (C=O) groups is 2. The first-order chi connectivity index (χ1) is 12.4. The van der Waals surface area contributed by atoms with Crippen molar-refractivity contribution >= 4 is 27.4 Å². The normalized spacial score (nSPS) is 24.7. The number of rotatable bonds is 5. The smallest absolute Gasteiger partial charge is 0.337 e. The maximum atomic E-state index is 12.2. The number of methoxy groups -OCH3 is 1. The van der Waals surface area contributed by atoms with Crippen LogP contribution in [-0.4, -0.2) is 75.5 Å². The van der Waals surface area contributed by atoms with Gasteiger partial charge in [-0.15, -0.1) is 0 Å². The van der Waals surface area contributed by atoms with Crippen molar-refractivity contribution in [2.45, 2.75) is 18.5 Å². The minimum Gasteiger partial charge on any atom is -0.465 e. The van der Waals surface area contributed by atoms with Crippen molar-refractivity contribution in [3.05, 3.63) is 29.8 Å². The summed E-state index contributed by atoms with van der Waals surface area (Å²) in [5.74, 6) is -0.247. The lowest BCUT2D eigenvalue weighted by Crippen LogP contribution is -2.57. The number of hydrogen-bond acceptors (Lipinski definition) is 7. The molecule has 3 rings (SSSR count). The lowest BCUT2D eigenvalue weighted by atomic mass is 10.1. The zero-order chi connectivity index (χ0) is 18.7. The van der Waals surface area contributed by atoms with Gasteiger partial charge in [-0.25, -0.2) is 13.2 Å². The SMILES string of the molecule is COC(=O)c1ccc(NC(=O)CCN2CCN[C@@H]3CS(=O)(=O)C[C@@H]32)cc1. The van der Waals surface area contributed by atoms with E-state index in [-0.39, 0.29) is 35.9 Å². The molecule has 2 atom stereocenters. The number of carbonyl (C=O) groups excluding carboxylic acids is 2. The molecule has 2 fully saturated rings. The van der Waals surface area contributed by atoms with Gasteiger partial charge in [0.25, 0.3) is 0 Å². The molecule has 1 amide bonds. The summed E-state index contributed by atoms with van der Waals surface area (Å²) in [5.41, 5.74) is 1.02. The predicted octanol–water partition coefficient (Wildman–Crippen LogP) is -0.127. The van der Waals surface area contributed by atoms with E-state index in [1.54, 1.807) is 24.3 Å². The molecular weight excluding hydrogens is 358 g/mol. The number of hydrogen-bond donors (Lipinski definition) is 2. The third-order valence-corrected chi connectivity index (χ3v) is 6.53. The van der Waals surface area contributed by atoms with E-state index in [1.807, 2.05) is 0 Å². The average molecular weight is 381 g/mol. The van der Waals surface area contributed by atoms with E-state index in [9.17, 15) is 18.0 Å². The fraction of sp³-hybridized carbons (Fsp3) is 0.529. The Labute approximate surface area is 152 Å². The summed E-state index contributed by atoms with van der Waals surface area (Å²) in [6, 6.07) is 6.38.